The van der Waals surface area contributed by atoms with E-state index in [1.165, 1.54) is 0 Å². The molecule has 0 saturated carbocycles. The van der Waals surface area contributed by atoms with Crippen LogP contribution in [-0.4, -0.2) is 52.3 Å². The molecule has 2 rings (SSSR count). The van der Waals surface area contributed by atoms with Crippen molar-refractivity contribution in [1.29, 1.82) is 0 Å². The van der Waals surface area contributed by atoms with E-state index in [0.29, 0.717) is 0 Å². The second-order valence-electron chi connectivity index (χ2n) is 5.17. The van der Waals surface area contributed by atoms with Gasteiger partial charge in [0.15, 0.2) is 0 Å². The van der Waals surface area contributed by atoms with E-state index in [4.69, 9.17) is 9.47 Å². The van der Waals surface area contributed by atoms with Crippen LogP contribution in [0, 0.1) is 0 Å². The fraction of sp³-hybridized carbons (Fsp3) is 0.500. The van der Waals surface area contributed by atoms with Crippen LogP contribution < -0.4 is 9.80 Å². The molecule has 0 bridgehead atoms. The number of rotatable bonds is 4. The summed E-state index contributed by atoms with van der Waals surface area (Å²) in [6, 6.07) is 3.44. The first-order valence-corrected chi connectivity index (χ1v) is 7.44. The Bertz CT molecular complexity index is 535. The first-order chi connectivity index (χ1) is 10.5. The van der Waals surface area contributed by atoms with Crippen molar-refractivity contribution in [3.05, 3.63) is 23.3 Å². The van der Waals surface area contributed by atoms with Gasteiger partial charge in [0.2, 0.25) is 0 Å². The molecule has 0 aromatic heterocycles. The van der Waals surface area contributed by atoms with Crippen molar-refractivity contribution >= 4 is 23.3 Å². The number of anilines is 2. The van der Waals surface area contributed by atoms with Crippen LogP contribution in [0.1, 0.15) is 34.6 Å². The average Bonchev–Trinajstić information content (AvgIpc) is 2.50. The molecule has 0 atom stereocenters. The van der Waals surface area contributed by atoms with Gasteiger partial charge in [-0.25, -0.2) is 9.59 Å². The third-order valence-corrected chi connectivity index (χ3v) is 3.70. The van der Waals surface area contributed by atoms with Gasteiger partial charge >= 0.3 is 11.9 Å². The molecular formula is C16H22N2O4. The molecule has 1 aromatic carbocycles. The summed E-state index contributed by atoms with van der Waals surface area (Å²) in [6.07, 6.45) is 0. The van der Waals surface area contributed by atoms with Crippen LogP contribution in [0.2, 0.25) is 0 Å². The highest BCUT2D eigenvalue weighted by atomic mass is 16.5. The Morgan fingerprint density at radius 3 is 1.59 bits per heavy atom. The molecule has 22 heavy (non-hydrogen) atoms. The van der Waals surface area contributed by atoms with E-state index in [0.717, 1.165) is 24.5 Å². The fourth-order valence-electron chi connectivity index (χ4n) is 2.48. The van der Waals surface area contributed by atoms with Crippen molar-refractivity contribution in [3.8, 4) is 0 Å². The molecule has 6 heteroatoms. The second kappa shape index (κ2) is 6.68. The summed E-state index contributed by atoms with van der Waals surface area (Å²) in [5.74, 6) is -1.01. The van der Waals surface area contributed by atoms with E-state index in [1.807, 2.05) is 14.1 Å². The maximum Gasteiger partial charge on any atom is 0.339 e. The summed E-state index contributed by atoms with van der Waals surface area (Å²) < 4.78 is 10.1. The summed E-state index contributed by atoms with van der Waals surface area (Å²) >= 11 is 0. The lowest BCUT2D eigenvalue weighted by atomic mass is 10.0. The second-order valence-corrected chi connectivity index (χ2v) is 5.17. The molecule has 0 unspecified atom stereocenters. The highest BCUT2D eigenvalue weighted by molar-refractivity contribution is 6.05. The fourth-order valence-corrected chi connectivity index (χ4v) is 2.48. The first-order valence-electron chi connectivity index (χ1n) is 7.44. The number of fused-ring (bicyclic) bond motifs is 1. The Morgan fingerprint density at radius 1 is 0.909 bits per heavy atom. The summed E-state index contributed by atoms with van der Waals surface area (Å²) in [7, 11) is 3.93. The van der Waals surface area contributed by atoms with Gasteiger partial charge in [-0.3, -0.25) is 0 Å². The molecule has 1 aliphatic heterocycles. The number of likely N-dealkylation sites (N-methyl/N-ethyl adjacent to an activating group) is 2. The smallest absolute Gasteiger partial charge is 0.339 e. The van der Waals surface area contributed by atoms with Gasteiger partial charge in [-0.05, 0) is 26.0 Å². The third-order valence-electron chi connectivity index (χ3n) is 3.70. The molecule has 0 amide bonds. The van der Waals surface area contributed by atoms with Crippen LogP contribution >= 0.6 is 0 Å². The molecule has 6 nitrogen and oxygen atoms in total. The van der Waals surface area contributed by atoms with Crippen LogP contribution in [0.25, 0.3) is 0 Å². The van der Waals surface area contributed by atoms with Gasteiger partial charge in [-0.1, -0.05) is 0 Å². The molecule has 1 heterocycles. The van der Waals surface area contributed by atoms with Crippen molar-refractivity contribution in [1.82, 2.24) is 0 Å². The summed E-state index contributed by atoms with van der Waals surface area (Å²) in [4.78, 5) is 28.5. The topological polar surface area (TPSA) is 59.1 Å². The maximum atomic E-state index is 12.2. The lowest BCUT2D eigenvalue weighted by Gasteiger charge is -2.35. The Morgan fingerprint density at radius 2 is 1.27 bits per heavy atom. The number of esters is 2. The number of hydrogen-bond acceptors (Lipinski definition) is 6. The van der Waals surface area contributed by atoms with Crippen molar-refractivity contribution in [2.24, 2.45) is 0 Å². The Labute approximate surface area is 130 Å². The standard InChI is InChI=1S/C16H22N2O4/c1-5-21-15(19)11-9-13-14(18(4)8-7-17(13)3)10-12(11)16(20)22-6-2/h9-10H,5-8H2,1-4H3. The molecule has 1 aromatic rings. The van der Waals surface area contributed by atoms with E-state index in [2.05, 4.69) is 9.80 Å². The number of ether oxygens (including phenoxy) is 2. The highest BCUT2D eigenvalue weighted by Crippen LogP contribution is 2.34. The lowest BCUT2D eigenvalue weighted by Crippen LogP contribution is -2.37. The van der Waals surface area contributed by atoms with Crippen LogP contribution in [0.5, 0.6) is 0 Å². The third kappa shape index (κ3) is 3.00. The zero-order valence-electron chi connectivity index (χ0n) is 13.5. The quantitative estimate of drug-likeness (QED) is 0.792. The Hall–Kier alpha value is -2.24. The van der Waals surface area contributed by atoms with Crippen LogP contribution in [0.3, 0.4) is 0 Å². The van der Waals surface area contributed by atoms with E-state index in [-0.39, 0.29) is 24.3 Å². The molecular weight excluding hydrogens is 284 g/mol. The van der Waals surface area contributed by atoms with Crippen molar-refractivity contribution in [3.63, 3.8) is 0 Å². The predicted molar refractivity (Wildman–Crippen MR) is 84.9 cm³/mol. The largest absolute Gasteiger partial charge is 0.462 e. The highest BCUT2D eigenvalue weighted by Gasteiger charge is 2.26. The molecule has 0 fully saturated rings. The molecule has 0 radical (unpaired) electrons. The summed E-state index contributed by atoms with van der Waals surface area (Å²) in [5.41, 5.74) is 2.32. The molecule has 0 N–H and O–H groups in total. The number of nitrogens with zero attached hydrogens (tertiary/aromatic N) is 2. The normalized spacial score (nSPS) is 13.6. The van der Waals surface area contributed by atoms with E-state index < -0.39 is 11.9 Å². The Kier molecular flexibility index (Phi) is 4.90. The number of hydrogen-bond donors (Lipinski definition) is 0. The van der Waals surface area contributed by atoms with Gasteiger partial charge in [0, 0.05) is 27.2 Å². The van der Waals surface area contributed by atoms with Gasteiger partial charge in [-0.15, -0.1) is 0 Å². The molecule has 120 valence electrons. The van der Waals surface area contributed by atoms with Gasteiger partial charge in [0.25, 0.3) is 0 Å². The monoisotopic (exact) mass is 306 g/mol. The van der Waals surface area contributed by atoms with Crippen LogP contribution in [0.15, 0.2) is 12.1 Å². The zero-order valence-corrected chi connectivity index (χ0v) is 13.5. The van der Waals surface area contributed by atoms with Gasteiger partial charge in [0.1, 0.15) is 0 Å². The van der Waals surface area contributed by atoms with Gasteiger partial charge in [0.05, 0.1) is 35.7 Å². The van der Waals surface area contributed by atoms with Crippen LogP contribution in [0.4, 0.5) is 11.4 Å². The first kappa shape index (κ1) is 16.1. The molecule has 0 saturated heterocycles. The molecule has 0 spiro atoms. The molecule has 0 aliphatic carbocycles. The predicted octanol–water partition coefficient (Wildman–Crippen LogP) is 1.93. The number of carbonyl (C=O) groups excluding carboxylic acids is 2. The van der Waals surface area contributed by atoms with Gasteiger partial charge < -0.3 is 19.3 Å². The average molecular weight is 306 g/mol. The lowest BCUT2D eigenvalue weighted by molar-refractivity contribution is 0.0479. The van der Waals surface area contributed by atoms with Crippen molar-refractivity contribution in [2.75, 3.05) is 50.2 Å². The number of benzene rings is 1. The summed E-state index contributed by atoms with van der Waals surface area (Å²) in [5, 5.41) is 0. The van der Waals surface area contributed by atoms with Crippen LogP contribution in [-0.2, 0) is 9.47 Å². The number of carbonyl (C=O) groups is 2. The minimum atomic E-state index is -0.505. The minimum Gasteiger partial charge on any atom is -0.462 e. The minimum absolute atomic E-state index is 0.251. The SMILES string of the molecule is CCOC(=O)c1cc2c(cc1C(=O)OCC)N(C)CCN2C. The Balaban J connectivity index is 2.56. The molecule has 1 aliphatic rings. The maximum absolute atomic E-state index is 12.2. The van der Waals surface area contributed by atoms with E-state index >= 15 is 0 Å². The zero-order chi connectivity index (χ0) is 16.3. The van der Waals surface area contributed by atoms with Crippen molar-refractivity contribution < 1.29 is 19.1 Å². The van der Waals surface area contributed by atoms with E-state index in [1.54, 1.807) is 26.0 Å². The van der Waals surface area contributed by atoms with E-state index in [9.17, 15) is 9.59 Å². The summed E-state index contributed by atoms with van der Waals surface area (Å²) in [6.45, 7) is 5.69. The van der Waals surface area contributed by atoms with Gasteiger partial charge in [-0.2, -0.15) is 0 Å². The van der Waals surface area contributed by atoms with Crippen molar-refractivity contribution in [2.45, 2.75) is 13.8 Å².